The Morgan fingerprint density at radius 3 is 0.553 bits per heavy atom. The normalized spacial score (nSPS) is 11.6. The molecule has 0 atom stereocenters. The van der Waals surface area contributed by atoms with E-state index in [0.717, 1.165) is 17.2 Å². The Kier molecular flexibility index (Phi) is 28.7. The lowest BCUT2D eigenvalue weighted by Gasteiger charge is -2.24. The predicted molar refractivity (Wildman–Crippen MR) is 591 cm³/mol. The van der Waals surface area contributed by atoms with Crippen LogP contribution < -0.4 is 9.47 Å². The average molecular weight is 1760 g/mol. The highest BCUT2D eigenvalue weighted by Crippen LogP contribution is 2.51. The van der Waals surface area contributed by atoms with Crippen LogP contribution in [-0.4, -0.2) is 19.2 Å². The number of hydrogen-bond acceptors (Lipinski definition) is 3. The highest BCUT2D eigenvalue weighted by molar-refractivity contribution is 6.25. The van der Waals surface area contributed by atoms with Gasteiger partial charge in [0.1, 0.15) is 11.5 Å². The second-order valence-corrected chi connectivity index (χ2v) is 41.4. The van der Waals surface area contributed by atoms with Gasteiger partial charge in [0.15, 0.2) is 0 Å². The summed E-state index contributed by atoms with van der Waals surface area (Å²) in [5.74, 6) is 2.07. The van der Waals surface area contributed by atoms with Crippen LogP contribution in [-0.2, 0) is 0 Å². The average Bonchev–Trinajstić information content (AvgIpc) is 0.708. The van der Waals surface area contributed by atoms with E-state index in [1.165, 1.54) is 392 Å². The van der Waals surface area contributed by atoms with Gasteiger partial charge >= 0.3 is 0 Å². The van der Waals surface area contributed by atoms with Gasteiger partial charge in [-0.2, -0.15) is 0 Å². The van der Waals surface area contributed by atoms with E-state index in [4.69, 9.17) is 14.5 Å². The number of pyridine rings is 1. The minimum absolute atomic E-state index is 1.02. The summed E-state index contributed by atoms with van der Waals surface area (Å²) >= 11 is 0. The molecule has 0 aliphatic rings. The van der Waals surface area contributed by atoms with E-state index in [9.17, 15) is 0 Å². The van der Waals surface area contributed by atoms with Crippen LogP contribution >= 0.6 is 0 Å². The third-order valence-corrected chi connectivity index (χ3v) is 36.4. The molecular formula is C129H163NO2. The maximum absolute atomic E-state index is 6.06. The molecule has 0 radical (unpaired) electrons. The van der Waals surface area contributed by atoms with Gasteiger partial charge in [-0.25, -0.2) is 0 Å². The Morgan fingerprint density at radius 2 is 0.303 bits per heavy atom. The van der Waals surface area contributed by atoms with E-state index in [0.29, 0.717) is 0 Å². The van der Waals surface area contributed by atoms with Crippen LogP contribution in [0.4, 0.5) is 0 Å². The lowest BCUT2D eigenvalue weighted by molar-refractivity contribution is 0.409. The molecule has 0 saturated carbocycles. The first-order valence-corrected chi connectivity index (χ1v) is 48.7. The molecule has 0 bridgehead atoms. The van der Waals surface area contributed by atoms with Crippen molar-refractivity contribution in [2.24, 2.45) is 0 Å². The lowest BCUT2D eigenvalue weighted by atomic mass is 9.80. The number of ether oxygens (including phenoxy) is 2. The van der Waals surface area contributed by atoms with Crippen molar-refractivity contribution in [3.05, 3.63) is 295 Å². The third-order valence-electron chi connectivity index (χ3n) is 36.4. The fourth-order valence-corrected chi connectivity index (χ4v) is 23.9. The minimum atomic E-state index is 1.02. The molecule has 0 spiro atoms. The van der Waals surface area contributed by atoms with E-state index in [1.807, 2.05) is 7.11 Å². The molecular weight excluding hydrogens is 1600 g/mol. The zero-order valence-corrected chi connectivity index (χ0v) is 92.8. The Bertz CT molecular complexity index is 7230. The SMILES string of the molecule is COc1c(C)c(C)c2cc(C)c3c4c(C)c(C)c(C)c(C)c4c(C)c(C)c3c2c1C.COc1c2c(C)c(C)c(C)c(C)c2c(C)c2c(C)c(C)c(C)c(C)c12.Cc1c(C)c(C)c2c(C)c(C)c(C)c(C)c2c1C.Cc1c(C)c(C)c2c(C)c(C)c(C)c(C)c2c1C.Cc1c(C)c(C)c2c(c1C)c(C)c(C)c1c(C)c(C)c(C)c(C)c12.Cc1nc2c(C)c(C)c(C)c(C)c2c(C)c1C. The highest BCUT2D eigenvalue weighted by Gasteiger charge is 2.29. The van der Waals surface area contributed by atoms with E-state index in [2.05, 4.69) is 366 Å². The van der Waals surface area contributed by atoms with E-state index >= 15 is 0 Å². The largest absolute Gasteiger partial charge is 0.496 e. The summed E-state index contributed by atoms with van der Waals surface area (Å²) in [6, 6.07) is 2.41. The van der Waals surface area contributed by atoms with Crippen LogP contribution in [0, 0.1) is 360 Å². The molecule has 16 aromatic rings. The zero-order chi connectivity index (χ0) is 99.6. The summed E-state index contributed by atoms with van der Waals surface area (Å²) in [7, 11) is 3.61. The van der Waals surface area contributed by atoms with Crippen LogP contribution in [0.2, 0.25) is 0 Å². The van der Waals surface area contributed by atoms with Crippen molar-refractivity contribution in [2.75, 3.05) is 14.2 Å². The quantitative estimate of drug-likeness (QED) is 0.128. The smallest absolute Gasteiger partial charge is 0.135 e. The summed E-state index contributed by atoms with van der Waals surface area (Å²) in [5, 5.41) is 26.9. The molecule has 0 N–H and O–H groups in total. The molecule has 0 saturated heterocycles. The number of aryl methyl sites for hydroxylation is 30. The summed E-state index contributed by atoms with van der Waals surface area (Å²) in [6.07, 6.45) is 0. The van der Waals surface area contributed by atoms with Crippen molar-refractivity contribution >= 4 is 108 Å². The lowest BCUT2D eigenvalue weighted by Crippen LogP contribution is -2.03. The van der Waals surface area contributed by atoms with Crippen LogP contribution in [0.5, 0.6) is 11.5 Å². The number of aromatic nitrogens is 1. The van der Waals surface area contributed by atoms with Crippen LogP contribution in [0.3, 0.4) is 0 Å². The standard InChI is InChI=1S/C29H34O.C24H30O.C24H30.2C18H24.C16H21N/c1-13-12-23-16(4)21(9)29(30-11)22(10)26(23)28-20(8)19(7)25-17(5)14(2)15(3)18(6)27(25)24(13)28;1-11-13(3)17(7)22-20(15(11)5)19(9)21-16(6)12(2)14(4)18(8)23(21)24(22)25-10;1-11-13(3)17(7)23-21(15(11)5)19(9)20(10)22-16(6)12(2)14(4)18(8)24(22)23;2*1-9-10(2)14(6)18-16(8)12(4)11(3)15(7)17(18)13(9)5;1-8-9(2)13(6)16-15(11(8)4)12(5)10(3)14(7)17-16/h12H,1-11H3;1-10H3;1-10H3;2*1-8H3;1-7H3. The minimum Gasteiger partial charge on any atom is -0.496 e. The molecule has 1 heterocycles. The van der Waals surface area contributed by atoms with E-state index < -0.39 is 0 Å². The molecule has 16 rings (SSSR count). The van der Waals surface area contributed by atoms with E-state index in [-0.39, 0.29) is 0 Å². The number of methoxy groups -OCH3 is 2. The van der Waals surface area contributed by atoms with Crippen LogP contribution in [0.25, 0.3) is 108 Å². The second-order valence-electron chi connectivity index (χ2n) is 41.4. The van der Waals surface area contributed by atoms with Gasteiger partial charge in [-0.15, -0.1) is 0 Å². The summed E-state index contributed by atoms with van der Waals surface area (Å²) in [5.41, 5.74) is 74.3. The number of nitrogens with zero attached hydrogens (tertiary/aromatic N) is 1. The first-order valence-electron chi connectivity index (χ1n) is 48.7. The Hall–Kier alpha value is -10.4. The van der Waals surface area contributed by atoms with Gasteiger partial charge in [0, 0.05) is 21.9 Å². The first kappa shape index (κ1) is 102. The third kappa shape index (κ3) is 15.5. The molecule has 0 amide bonds. The maximum atomic E-state index is 6.06. The molecule has 0 aliphatic carbocycles. The molecule has 0 unspecified atom stereocenters. The second kappa shape index (κ2) is 37.1. The van der Waals surface area contributed by atoms with Gasteiger partial charge in [0.05, 0.1) is 19.7 Å². The van der Waals surface area contributed by atoms with Crippen molar-refractivity contribution < 1.29 is 9.47 Å². The molecule has 1 aromatic heterocycles. The number of benzene rings is 15. The number of fused-ring (bicyclic) bond motifs is 13. The van der Waals surface area contributed by atoms with Gasteiger partial charge < -0.3 is 9.47 Å². The molecule has 0 fully saturated rings. The van der Waals surface area contributed by atoms with Crippen molar-refractivity contribution in [1.29, 1.82) is 0 Å². The van der Waals surface area contributed by atoms with Crippen molar-refractivity contribution in [2.45, 2.75) is 360 Å². The number of rotatable bonds is 2. The van der Waals surface area contributed by atoms with Gasteiger partial charge in [-0.1, -0.05) is 6.07 Å². The van der Waals surface area contributed by atoms with Gasteiger partial charge in [0.2, 0.25) is 0 Å². The van der Waals surface area contributed by atoms with Gasteiger partial charge in [-0.05, 0) is 730 Å². The zero-order valence-electron chi connectivity index (χ0n) is 92.8. The summed E-state index contributed by atoms with van der Waals surface area (Å²) in [6.45, 7) is 117. The Balaban J connectivity index is 0.000000155. The number of hydrogen-bond donors (Lipinski definition) is 0. The highest BCUT2D eigenvalue weighted by atomic mass is 16.5. The van der Waals surface area contributed by atoms with Gasteiger partial charge in [0.25, 0.3) is 0 Å². The maximum Gasteiger partial charge on any atom is 0.135 e. The summed E-state index contributed by atoms with van der Waals surface area (Å²) < 4.78 is 11.9. The van der Waals surface area contributed by atoms with E-state index in [1.54, 1.807) is 7.11 Å². The molecule has 132 heavy (non-hydrogen) atoms. The predicted octanol–water partition coefficient (Wildman–Crippen LogP) is 37.1. The monoisotopic (exact) mass is 1760 g/mol. The molecule has 3 heteroatoms. The van der Waals surface area contributed by atoms with Gasteiger partial charge in [-0.3, -0.25) is 4.98 Å². The Labute approximate surface area is 798 Å². The van der Waals surface area contributed by atoms with Crippen molar-refractivity contribution in [3.63, 3.8) is 0 Å². The fourth-order valence-electron chi connectivity index (χ4n) is 23.9. The molecule has 3 nitrogen and oxygen atoms in total. The van der Waals surface area contributed by atoms with Crippen molar-refractivity contribution in [3.8, 4) is 11.5 Å². The molecule has 0 aliphatic heterocycles. The topological polar surface area (TPSA) is 31.4 Å². The first-order chi connectivity index (χ1) is 61.2. The molecule has 15 aromatic carbocycles. The summed E-state index contributed by atoms with van der Waals surface area (Å²) in [4.78, 5) is 4.80. The fraction of sp³-hybridized carbons (Fsp3) is 0.419. The van der Waals surface area contributed by atoms with Crippen molar-refractivity contribution in [1.82, 2.24) is 4.98 Å². The van der Waals surface area contributed by atoms with Crippen LogP contribution in [0.1, 0.15) is 289 Å². The molecule has 696 valence electrons. The Morgan fingerprint density at radius 1 is 0.129 bits per heavy atom. The van der Waals surface area contributed by atoms with Crippen LogP contribution in [0.15, 0.2) is 6.07 Å².